The van der Waals surface area contributed by atoms with Gasteiger partial charge in [-0.05, 0) is 59.2 Å². The van der Waals surface area contributed by atoms with Crippen molar-refractivity contribution >= 4 is 39.2 Å². The molecular formula is C22H21N5O. The van der Waals surface area contributed by atoms with E-state index in [1.807, 2.05) is 42.2 Å². The van der Waals surface area contributed by atoms with Crippen LogP contribution in [0.5, 0.6) is 0 Å². The van der Waals surface area contributed by atoms with E-state index in [-0.39, 0.29) is 11.8 Å². The molecule has 3 N–H and O–H groups in total. The number of anilines is 2. The Bertz CT molecular complexity index is 1240. The zero-order valence-corrected chi connectivity index (χ0v) is 15.8. The summed E-state index contributed by atoms with van der Waals surface area (Å²) >= 11 is 0. The molecule has 5 rings (SSSR count). The molecule has 0 radical (unpaired) electrons. The molecule has 4 aromatic rings. The van der Waals surface area contributed by atoms with Crippen molar-refractivity contribution in [1.82, 2.24) is 14.5 Å². The topological polar surface area (TPSA) is 85.8 Å². The lowest BCUT2D eigenvalue weighted by Crippen LogP contribution is -2.15. The summed E-state index contributed by atoms with van der Waals surface area (Å²) in [7, 11) is 1.98. The van der Waals surface area contributed by atoms with Crippen LogP contribution in [0.25, 0.3) is 32.9 Å². The minimum Gasteiger partial charge on any atom is -0.398 e. The lowest BCUT2D eigenvalue weighted by atomic mass is 9.99. The Morgan fingerprint density at radius 1 is 1.21 bits per heavy atom. The molecule has 6 nitrogen and oxygen atoms in total. The van der Waals surface area contributed by atoms with Crippen molar-refractivity contribution in [3.05, 3.63) is 48.9 Å². The van der Waals surface area contributed by atoms with Crippen molar-refractivity contribution < 1.29 is 4.79 Å². The minimum absolute atomic E-state index is 0.0450. The first-order valence-electron chi connectivity index (χ1n) is 9.42. The number of hydrogen-bond donors (Lipinski definition) is 2. The zero-order chi connectivity index (χ0) is 19.4. The highest BCUT2D eigenvalue weighted by Crippen LogP contribution is 2.39. The number of carbonyl (C=O) groups is 1. The Balaban J connectivity index is 1.59. The van der Waals surface area contributed by atoms with Crippen LogP contribution in [0.2, 0.25) is 0 Å². The fraction of sp³-hybridized carbons (Fsp3) is 0.227. The number of benzene rings is 1. The number of nitrogen functional groups attached to an aromatic ring is 1. The number of aryl methyl sites for hydroxylation is 1. The molecule has 0 saturated heterocycles. The van der Waals surface area contributed by atoms with Gasteiger partial charge in [0.25, 0.3) is 0 Å². The summed E-state index contributed by atoms with van der Waals surface area (Å²) in [5, 5.41) is 5.84. The van der Waals surface area contributed by atoms with Gasteiger partial charge in [0.15, 0.2) is 0 Å². The second kappa shape index (κ2) is 6.05. The van der Waals surface area contributed by atoms with E-state index in [9.17, 15) is 4.79 Å². The van der Waals surface area contributed by atoms with E-state index in [1.54, 1.807) is 6.20 Å². The Morgan fingerprint density at radius 3 is 2.82 bits per heavy atom. The predicted molar refractivity (Wildman–Crippen MR) is 112 cm³/mol. The highest BCUT2D eigenvalue weighted by Gasteiger charge is 2.39. The van der Waals surface area contributed by atoms with Crippen molar-refractivity contribution in [2.45, 2.75) is 13.3 Å². The largest absolute Gasteiger partial charge is 0.398 e. The molecule has 2 atom stereocenters. The Morgan fingerprint density at radius 2 is 2.04 bits per heavy atom. The molecule has 0 unspecified atom stereocenters. The van der Waals surface area contributed by atoms with Crippen LogP contribution >= 0.6 is 0 Å². The van der Waals surface area contributed by atoms with E-state index < -0.39 is 0 Å². The average molecular weight is 371 g/mol. The van der Waals surface area contributed by atoms with Gasteiger partial charge in [-0.3, -0.25) is 4.79 Å². The molecule has 6 heteroatoms. The quantitative estimate of drug-likeness (QED) is 0.534. The van der Waals surface area contributed by atoms with Gasteiger partial charge in [-0.2, -0.15) is 0 Å². The fourth-order valence-corrected chi connectivity index (χ4v) is 3.83. The molecule has 28 heavy (non-hydrogen) atoms. The van der Waals surface area contributed by atoms with Crippen molar-refractivity contribution in [3.63, 3.8) is 0 Å². The Labute approximate surface area is 162 Å². The number of carbonyl (C=O) groups excluding carboxylic acids is 1. The average Bonchev–Trinajstić information content (AvgIpc) is 3.30. The molecule has 0 spiro atoms. The van der Waals surface area contributed by atoms with Crippen molar-refractivity contribution in [3.8, 4) is 11.1 Å². The number of hydrogen-bond acceptors (Lipinski definition) is 4. The lowest BCUT2D eigenvalue weighted by molar-refractivity contribution is -0.117. The van der Waals surface area contributed by atoms with Crippen molar-refractivity contribution in [1.29, 1.82) is 0 Å². The van der Waals surface area contributed by atoms with E-state index in [2.05, 4.69) is 34.3 Å². The second-order valence-electron chi connectivity index (χ2n) is 7.69. The van der Waals surface area contributed by atoms with Gasteiger partial charge in [0, 0.05) is 48.0 Å². The third-order valence-corrected chi connectivity index (χ3v) is 5.65. The van der Waals surface area contributed by atoms with Gasteiger partial charge in [-0.1, -0.05) is 6.92 Å². The summed E-state index contributed by atoms with van der Waals surface area (Å²) in [6.45, 7) is 2.09. The molecule has 0 bridgehead atoms. The molecule has 140 valence electrons. The van der Waals surface area contributed by atoms with E-state index in [4.69, 9.17) is 5.73 Å². The highest BCUT2D eigenvalue weighted by molar-refractivity contribution is 6.02. The number of rotatable bonds is 3. The van der Waals surface area contributed by atoms with Gasteiger partial charge in [0.1, 0.15) is 11.5 Å². The summed E-state index contributed by atoms with van der Waals surface area (Å²) in [4.78, 5) is 21.1. The van der Waals surface area contributed by atoms with Crippen LogP contribution in [0, 0.1) is 11.8 Å². The van der Waals surface area contributed by atoms with Crippen LogP contribution < -0.4 is 11.1 Å². The zero-order valence-electron chi connectivity index (χ0n) is 15.8. The summed E-state index contributed by atoms with van der Waals surface area (Å²) in [5.74, 6) is 1.18. The van der Waals surface area contributed by atoms with Gasteiger partial charge in [0.2, 0.25) is 5.91 Å². The van der Waals surface area contributed by atoms with Gasteiger partial charge >= 0.3 is 0 Å². The molecule has 1 aromatic carbocycles. The van der Waals surface area contributed by atoms with Gasteiger partial charge in [0.05, 0.1) is 0 Å². The number of fused-ring (bicyclic) bond motifs is 2. The van der Waals surface area contributed by atoms with Gasteiger partial charge in [-0.25, -0.2) is 9.97 Å². The first-order chi connectivity index (χ1) is 13.5. The molecule has 0 aliphatic heterocycles. The molecule has 1 amide bonds. The minimum atomic E-state index is 0.0450. The molecule has 3 aromatic heterocycles. The first kappa shape index (κ1) is 16.7. The summed E-state index contributed by atoms with van der Waals surface area (Å²) < 4.78 is 2.00. The Hall–Kier alpha value is -3.41. The smallest absolute Gasteiger partial charge is 0.228 e. The van der Waals surface area contributed by atoms with Crippen LogP contribution in [-0.2, 0) is 11.8 Å². The number of nitrogens with two attached hydrogens (primary N) is 1. The van der Waals surface area contributed by atoms with Crippen LogP contribution in [0.3, 0.4) is 0 Å². The van der Waals surface area contributed by atoms with E-state index >= 15 is 0 Å². The standard InChI is InChI=1S/C22H21N5O/c1-12-7-17(12)22(28)26-20-10-14-8-13(9-19(23)18(14)11-25-20)15-3-5-24-21-16(15)4-6-27(21)2/h3-6,8-12,17H,7,23H2,1-2H3,(H,25,26,28)/t12-,17-/m1/s1. The summed E-state index contributed by atoms with van der Waals surface area (Å²) in [6.07, 6.45) is 6.49. The van der Waals surface area contributed by atoms with Crippen molar-refractivity contribution in [2.24, 2.45) is 18.9 Å². The number of nitrogens with one attached hydrogen (secondary N) is 1. The maximum atomic E-state index is 12.2. The lowest BCUT2D eigenvalue weighted by Gasteiger charge is -2.10. The first-order valence-corrected chi connectivity index (χ1v) is 9.42. The number of aromatic nitrogens is 3. The molecule has 1 aliphatic carbocycles. The summed E-state index contributed by atoms with van der Waals surface area (Å²) in [5.41, 5.74) is 10.0. The maximum Gasteiger partial charge on any atom is 0.228 e. The SMILES string of the molecule is C[C@@H]1C[C@H]1C(=O)Nc1cc2cc(-c3ccnc4c3ccn4C)cc(N)c2cn1. The van der Waals surface area contributed by atoms with Crippen molar-refractivity contribution in [2.75, 3.05) is 11.1 Å². The predicted octanol–water partition coefficient (Wildman–Crippen LogP) is 3.97. The van der Waals surface area contributed by atoms with Crippen LogP contribution in [0.15, 0.2) is 48.9 Å². The Kier molecular flexibility index (Phi) is 3.62. The third kappa shape index (κ3) is 2.69. The van der Waals surface area contributed by atoms with E-state index in [0.29, 0.717) is 17.4 Å². The molecule has 3 heterocycles. The number of nitrogens with zero attached hydrogens (tertiary/aromatic N) is 3. The molecule has 1 saturated carbocycles. The van der Waals surface area contributed by atoms with E-state index in [0.717, 1.165) is 39.4 Å². The maximum absolute atomic E-state index is 12.2. The normalized spacial score (nSPS) is 18.5. The van der Waals surface area contributed by atoms with Crippen LogP contribution in [0.4, 0.5) is 11.5 Å². The van der Waals surface area contributed by atoms with Gasteiger partial charge < -0.3 is 15.6 Å². The summed E-state index contributed by atoms with van der Waals surface area (Å²) in [6, 6.07) is 10.0. The van der Waals surface area contributed by atoms with Crippen LogP contribution in [0.1, 0.15) is 13.3 Å². The third-order valence-electron chi connectivity index (χ3n) is 5.65. The number of pyridine rings is 2. The highest BCUT2D eigenvalue weighted by atomic mass is 16.2. The molecule has 1 fully saturated rings. The van der Waals surface area contributed by atoms with E-state index in [1.165, 1.54) is 0 Å². The monoisotopic (exact) mass is 371 g/mol. The van der Waals surface area contributed by atoms with Crippen LogP contribution in [-0.4, -0.2) is 20.4 Å². The number of amides is 1. The molecular weight excluding hydrogens is 350 g/mol. The second-order valence-corrected chi connectivity index (χ2v) is 7.69. The molecule has 1 aliphatic rings. The van der Waals surface area contributed by atoms with Gasteiger partial charge in [-0.15, -0.1) is 0 Å². The fourth-order valence-electron chi connectivity index (χ4n) is 3.83.